The number of hydrogen-bond donors (Lipinski definition) is 0. The summed E-state index contributed by atoms with van der Waals surface area (Å²) in [6, 6.07) is 75.7. The van der Waals surface area contributed by atoms with Gasteiger partial charge in [0, 0.05) is 67.9 Å². The zero-order valence-electron chi connectivity index (χ0n) is 39.6. The molecule has 2 aromatic heterocycles. The summed E-state index contributed by atoms with van der Waals surface area (Å²) in [5.41, 5.74) is 13.9. The van der Waals surface area contributed by atoms with Gasteiger partial charge in [-0.05, 0) is 117 Å². The third kappa shape index (κ3) is 5.67. The maximum absolute atomic E-state index is 5.48. The second kappa shape index (κ2) is 15.4. The topological polar surface area (TPSA) is 32.3 Å². The van der Waals surface area contributed by atoms with Gasteiger partial charge < -0.3 is 9.80 Å². The van der Waals surface area contributed by atoms with Crippen LogP contribution in [0.2, 0.25) is 0 Å². The Hall–Kier alpha value is -7.82. The SMILES string of the molecule is CC(C)(C)C1(C2(C(C)(C)C)c3cccnc3-c3c2cc(N(c2ccccc2)c2ccccc2)c2ccccc32)c2cccnc2-c2c1cc(N(c1ccccc1)c1ccccc1)c1ccccc21. The summed E-state index contributed by atoms with van der Waals surface area (Å²) in [5, 5.41) is 4.73. The van der Waals surface area contributed by atoms with Gasteiger partial charge in [-0.15, -0.1) is 0 Å². The van der Waals surface area contributed by atoms with Crippen molar-refractivity contribution in [3.63, 3.8) is 0 Å². The number of rotatable bonds is 7. The molecule has 0 radical (unpaired) electrons. The van der Waals surface area contributed by atoms with E-state index in [4.69, 9.17) is 9.97 Å². The highest BCUT2D eigenvalue weighted by atomic mass is 15.2. The minimum atomic E-state index is -0.734. The Labute approximate surface area is 400 Å². The van der Waals surface area contributed by atoms with Crippen LogP contribution >= 0.6 is 0 Å². The molecule has 0 N–H and O–H groups in total. The maximum Gasteiger partial charge on any atom is 0.0753 e. The van der Waals surface area contributed by atoms with Gasteiger partial charge in [0.1, 0.15) is 0 Å². The van der Waals surface area contributed by atoms with Crippen molar-refractivity contribution in [2.24, 2.45) is 10.8 Å². The van der Waals surface area contributed by atoms with Gasteiger partial charge in [0.2, 0.25) is 0 Å². The number of nitrogens with zero attached hydrogens (tertiary/aromatic N) is 4. The van der Waals surface area contributed by atoms with Crippen LogP contribution in [0.15, 0.2) is 219 Å². The van der Waals surface area contributed by atoms with Crippen LogP contribution in [-0.4, -0.2) is 9.97 Å². The van der Waals surface area contributed by atoms with Crippen molar-refractivity contribution in [1.29, 1.82) is 0 Å². The second-order valence-corrected chi connectivity index (χ2v) is 20.5. The van der Waals surface area contributed by atoms with Crippen LogP contribution in [0.4, 0.5) is 34.1 Å². The van der Waals surface area contributed by atoms with Crippen LogP contribution in [0.1, 0.15) is 63.8 Å². The van der Waals surface area contributed by atoms with E-state index in [9.17, 15) is 0 Å². The molecule has 0 aliphatic heterocycles. The van der Waals surface area contributed by atoms with Crippen molar-refractivity contribution in [3.8, 4) is 22.5 Å². The molecule has 0 spiro atoms. The van der Waals surface area contributed by atoms with Crippen LogP contribution in [0.25, 0.3) is 44.1 Å². The molecule has 0 saturated heterocycles. The molecule has 2 aliphatic rings. The van der Waals surface area contributed by atoms with Crippen molar-refractivity contribution >= 4 is 55.7 Å². The van der Waals surface area contributed by atoms with Crippen molar-refractivity contribution < 1.29 is 0 Å². The number of anilines is 6. The normalized spacial score (nSPS) is 17.1. The first-order valence-corrected chi connectivity index (χ1v) is 23.9. The predicted octanol–water partition coefficient (Wildman–Crippen LogP) is 17.0. The summed E-state index contributed by atoms with van der Waals surface area (Å²) >= 11 is 0. The summed E-state index contributed by atoms with van der Waals surface area (Å²) < 4.78 is 0. The van der Waals surface area contributed by atoms with E-state index in [0.29, 0.717) is 0 Å². The Kier molecular flexibility index (Phi) is 9.40. The van der Waals surface area contributed by atoms with Gasteiger partial charge in [0.05, 0.1) is 22.8 Å². The molecule has 2 heterocycles. The lowest BCUT2D eigenvalue weighted by molar-refractivity contribution is 0.0593. The summed E-state index contributed by atoms with van der Waals surface area (Å²) in [4.78, 5) is 15.9. The molecule has 10 aromatic rings. The predicted molar refractivity (Wildman–Crippen MR) is 284 cm³/mol. The highest BCUT2D eigenvalue weighted by Crippen LogP contribution is 2.76. The molecular weight excluding hydrogens is 825 g/mol. The lowest BCUT2D eigenvalue weighted by Gasteiger charge is -2.62. The molecule has 330 valence electrons. The molecule has 68 heavy (non-hydrogen) atoms. The molecule has 0 amide bonds. The molecule has 0 bridgehead atoms. The Morgan fingerprint density at radius 2 is 0.618 bits per heavy atom. The van der Waals surface area contributed by atoms with Crippen LogP contribution in [-0.2, 0) is 10.8 Å². The molecule has 2 unspecified atom stereocenters. The Morgan fingerprint density at radius 1 is 0.324 bits per heavy atom. The summed E-state index contributed by atoms with van der Waals surface area (Å²) in [7, 11) is 0. The van der Waals surface area contributed by atoms with E-state index in [0.717, 1.165) is 45.5 Å². The molecule has 2 atom stereocenters. The minimum Gasteiger partial charge on any atom is -0.310 e. The van der Waals surface area contributed by atoms with Gasteiger partial charge in [-0.2, -0.15) is 0 Å². The molecule has 12 rings (SSSR count). The average molecular weight is 879 g/mol. The monoisotopic (exact) mass is 878 g/mol. The molecule has 2 aliphatic carbocycles. The van der Waals surface area contributed by atoms with Crippen LogP contribution in [0.3, 0.4) is 0 Å². The highest BCUT2D eigenvalue weighted by Gasteiger charge is 2.71. The fraction of sp³-hybridized carbons (Fsp3) is 0.156. The number of hydrogen-bond acceptors (Lipinski definition) is 4. The van der Waals surface area contributed by atoms with Gasteiger partial charge in [0.25, 0.3) is 0 Å². The zero-order valence-corrected chi connectivity index (χ0v) is 39.6. The molecule has 8 aromatic carbocycles. The lowest BCUT2D eigenvalue weighted by atomic mass is 9.39. The van der Waals surface area contributed by atoms with Crippen molar-refractivity contribution in [3.05, 3.63) is 241 Å². The highest BCUT2D eigenvalue weighted by molar-refractivity contribution is 6.13. The Balaban J connectivity index is 1.30. The zero-order chi connectivity index (χ0) is 46.4. The number of aromatic nitrogens is 2. The molecule has 4 heteroatoms. The van der Waals surface area contributed by atoms with E-state index in [2.05, 4.69) is 258 Å². The van der Waals surface area contributed by atoms with Gasteiger partial charge >= 0.3 is 0 Å². The van der Waals surface area contributed by atoms with Crippen LogP contribution < -0.4 is 9.80 Å². The molecule has 0 fully saturated rings. The van der Waals surface area contributed by atoms with Crippen LogP contribution in [0.5, 0.6) is 0 Å². The third-order valence-electron chi connectivity index (χ3n) is 15.1. The average Bonchev–Trinajstić information content (AvgIpc) is 3.84. The number of pyridine rings is 2. The molecule has 4 nitrogen and oxygen atoms in total. The van der Waals surface area contributed by atoms with Crippen molar-refractivity contribution in [2.75, 3.05) is 9.80 Å². The fourth-order valence-corrected chi connectivity index (χ4v) is 13.0. The maximum atomic E-state index is 5.48. The number of fused-ring (bicyclic) bond motifs is 10. The first-order chi connectivity index (χ1) is 33.1. The van der Waals surface area contributed by atoms with Crippen LogP contribution in [0, 0.1) is 10.8 Å². The minimum absolute atomic E-state index is 0.424. The van der Waals surface area contributed by atoms with E-state index in [1.54, 1.807) is 0 Å². The number of benzene rings is 8. The second-order valence-electron chi connectivity index (χ2n) is 20.5. The van der Waals surface area contributed by atoms with Gasteiger partial charge in [-0.25, -0.2) is 0 Å². The first-order valence-electron chi connectivity index (χ1n) is 23.9. The van der Waals surface area contributed by atoms with E-state index in [1.165, 1.54) is 54.9 Å². The Bertz CT molecular complexity index is 3220. The summed E-state index contributed by atoms with van der Waals surface area (Å²) in [6.07, 6.45) is 3.99. The van der Waals surface area contributed by atoms with E-state index < -0.39 is 21.7 Å². The van der Waals surface area contributed by atoms with Gasteiger partial charge in [-0.3, -0.25) is 9.97 Å². The smallest absolute Gasteiger partial charge is 0.0753 e. The molecule has 0 saturated carbocycles. The Morgan fingerprint density at radius 3 is 0.926 bits per heavy atom. The van der Waals surface area contributed by atoms with Crippen molar-refractivity contribution in [1.82, 2.24) is 9.97 Å². The molecular formula is C64H54N4. The van der Waals surface area contributed by atoms with E-state index in [-0.39, 0.29) is 0 Å². The fourth-order valence-electron chi connectivity index (χ4n) is 13.0. The number of para-hydroxylation sites is 4. The summed E-state index contributed by atoms with van der Waals surface area (Å²) in [5.74, 6) is 0. The quantitative estimate of drug-likeness (QED) is 0.160. The largest absolute Gasteiger partial charge is 0.310 e. The summed E-state index contributed by atoms with van der Waals surface area (Å²) in [6.45, 7) is 14.9. The third-order valence-corrected chi connectivity index (χ3v) is 15.1. The van der Waals surface area contributed by atoms with E-state index in [1.807, 2.05) is 12.4 Å². The van der Waals surface area contributed by atoms with Gasteiger partial charge in [0.15, 0.2) is 0 Å². The first kappa shape index (κ1) is 41.6. The van der Waals surface area contributed by atoms with Gasteiger partial charge in [-0.1, -0.05) is 175 Å². The van der Waals surface area contributed by atoms with Crippen molar-refractivity contribution in [2.45, 2.75) is 52.4 Å². The lowest BCUT2D eigenvalue weighted by Crippen LogP contribution is -2.62. The standard InChI is InChI=1S/C64H54N4/c1-61(2,3)63(51-37-23-39-65-59(51)57-49-35-21-19-33-47(49)55(41-53(57)63)67(43-25-11-7-12-26-43)44-27-13-8-14-28-44)64(62(4,5)6)52-38-24-40-66-60(52)58-50-36-22-20-34-48(50)56(42-54(58)64)68(45-29-15-9-16-30-45)46-31-17-10-18-32-46/h7-42H,1-6H3. The van der Waals surface area contributed by atoms with E-state index >= 15 is 0 Å².